The van der Waals surface area contributed by atoms with E-state index in [1.165, 1.54) is 12.1 Å². The lowest BCUT2D eigenvalue weighted by Gasteiger charge is -2.09. The molecule has 0 bridgehead atoms. The Kier molecular flexibility index (Phi) is 5.90. The zero-order valence-electron chi connectivity index (χ0n) is 18.7. The van der Waals surface area contributed by atoms with Crippen molar-refractivity contribution in [2.45, 2.75) is 40.8 Å². The normalized spacial score (nSPS) is 11.0. The van der Waals surface area contributed by atoms with Crippen LogP contribution >= 0.6 is 0 Å². The third kappa shape index (κ3) is 4.61. The lowest BCUT2D eigenvalue weighted by Crippen LogP contribution is -2.13. The van der Waals surface area contributed by atoms with Crippen LogP contribution in [-0.4, -0.2) is 25.5 Å². The molecule has 0 atom stereocenters. The van der Waals surface area contributed by atoms with Crippen molar-refractivity contribution in [3.8, 4) is 0 Å². The Morgan fingerprint density at radius 1 is 0.906 bits per heavy atom. The number of carbonyl (C=O) groups is 1. The first-order valence-electron chi connectivity index (χ1n) is 10.5. The van der Waals surface area contributed by atoms with Gasteiger partial charge >= 0.3 is 0 Å². The average molecular weight is 432 g/mol. The van der Waals surface area contributed by atoms with Crippen LogP contribution in [0, 0.1) is 33.5 Å². The first-order valence-corrected chi connectivity index (χ1v) is 10.5. The number of carbonyl (C=O) groups excluding carboxylic acids is 1. The Balaban J connectivity index is 1.46. The van der Waals surface area contributed by atoms with Gasteiger partial charge in [-0.1, -0.05) is 24.3 Å². The molecule has 4 aromatic rings. The number of nitrogens with one attached hydrogen (secondary N) is 1. The molecule has 0 aliphatic heterocycles. The zero-order chi connectivity index (χ0) is 22.8. The van der Waals surface area contributed by atoms with Gasteiger partial charge in [-0.3, -0.25) is 14.2 Å². The minimum Gasteiger partial charge on any atom is -0.319 e. The van der Waals surface area contributed by atoms with E-state index in [1.807, 2.05) is 68.8 Å². The predicted molar refractivity (Wildman–Crippen MR) is 122 cm³/mol. The van der Waals surface area contributed by atoms with E-state index in [2.05, 4.69) is 15.5 Å². The fourth-order valence-electron chi connectivity index (χ4n) is 3.80. The van der Waals surface area contributed by atoms with Gasteiger partial charge in [0.2, 0.25) is 0 Å². The van der Waals surface area contributed by atoms with Crippen LogP contribution in [-0.2, 0) is 13.1 Å². The Bertz CT molecular complexity index is 1270. The molecule has 0 spiro atoms. The summed E-state index contributed by atoms with van der Waals surface area (Å²) in [5, 5.41) is 12.0. The van der Waals surface area contributed by atoms with Gasteiger partial charge in [0.1, 0.15) is 5.82 Å². The Morgan fingerprint density at radius 2 is 1.62 bits per heavy atom. The Morgan fingerprint density at radius 3 is 2.28 bits per heavy atom. The van der Waals surface area contributed by atoms with E-state index in [9.17, 15) is 9.18 Å². The van der Waals surface area contributed by atoms with Crippen molar-refractivity contribution < 1.29 is 9.18 Å². The van der Waals surface area contributed by atoms with Crippen LogP contribution in [0.1, 0.15) is 44.3 Å². The maximum atomic E-state index is 13.5. The van der Waals surface area contributed by atoms with Gasteiger partial charge in [-0.05, 0) is 69.2 Å². The molecule has 1 N–H and O–H groups in total. The summed E-state index contributed by atoms with van der Waals surface area (Å²) in [5.41, 5.74) is 6.76. The molecular formula is C25H26FN5O. The highest BCUT2D eigenvalue weighted by Crippen LogP contribution is 2.22. The second-order valence-corrected chi connectivity index (χ2v) is 8.07. The van der Waals surface area contributed by atoms with E-state index >= 15 is 0 Å². The van der Waals surface area contributed by atoms with E-state index in [0.717, 1.165) is 28.2 Å². The highest BCUT2D eigenvalue weighted by molar-refractivity contribution is 6.04. The third-order valence-electron chi connectivity index (χ3n) is 5.49. The first kappa shape index (κ1) is 21.5. The van der Waals surface area contributed by atoms with Crippen LogP contribution in [0.5, 0.6) is 0 Å². The maximum Gasteiger partial charge on any atom is 0.255 e. The molecule has 0 aliphatic carbocycles. The van der Waals surface area contributed by atoms with Crippen LogP contribution in [0.15, 0.2) is 54.6 Å². The molecule has 6 nitrogen and oxygen atoms in total. The molecule has 0 aliphatic rings. The van der Waals surface area contributed by atoms with Crippen molar-refractivity contribution >= 4 is 11.6 Å². The van der Waals surface area contributed by atoms with Gasteiger partial charge < -0.3 is 5.32 Å². The number of aromatic nitrogens is 4. The number of aryl methyl sites for hydroxylation is 3. The SMILES string of the molecule is Cc1cc(C)n(Cc2ccc(C(=O)Nc3c(C)nn(Cc4cccc(F)c4)c3C)cc2)n1. The molecule has 0 saturated carbocycles. The summed E-state index contributed by atoms with van der Waals surface area (Å²) in [4.78, 5) is 12.8. The number of amides is 1. The number of anilines is 1. The molecule has 7 heteroatoms. The monoisotopic (exact) mass is 431 g/mol. The molecular weight excluding hydrogens is 405 g/mol. The number of nitrogens with zero attached hydrogens (tertiary/aromatic N) is 4. The van der Waals surface area contributed by atoms with E-state index in [4.69, 9.17) is 0 Å². The molecule has 0 radical (unpaired) electrons. The second kappa shape index (κ2) is 8.78. The number of rotatable bonds is 6. The number of hydrogen-bond acceptors (Lipinski definition) is 3. The van der Waals surface area contributed by atoms with Crippen molar-refractivity contribution in [1.29, 1.82) is 0 Å². The highest BCUT2D eigenvalue weighted by Gasteiger charge is 2.16. The fraction of sp³-hybridized carbons (Fsp3) is 0.240. The molecule has 1 amide bonds. The standard InChI is InChI=1S/C25H26FN5O/c1-16-12-17(2)30(28-16)14-20-8-10-22(11-9-20)25(32)27-24-18(3)29-31(19(24)4)15-21-6-5-7-23(26)13-21/h5-13H,14-15H2,1-4H3,(H,27,32). The summed E-state index contributed by atoms with van der Waals surface area (Å²) >= 11 is 0. The quantitative estimate of drug-likeness (QED) is 0.477. The van der Waals surface area contributed by atoms with E-state index < -0.39 is 0 Å². The molecule has 2 aromatic carbocycles. The van der Waals surface area contributed by atoms with E-state index in [-0.39, 0.29) is 11.7 Å². The first-order chi connectivity index (χ1) is 15.3. The number of benzene rings is 2. The number of halogens is 1. The highest BCUT2D eigenvalue weighted by atomic mass is 19.1. The zero-order valence-corrected chi connectivity index (χ0v) is 18.7. The maximum absolute atomic E-state index is 13.5. The number of hydrogen-bond donors (Lipinski definition) is 1. The predicted octanol–water partition coefficient (Wildman–Crippen LogP) is 4.80. The van der Waals surface area contributed by atoms with E-state index in [0.29, 0.717) is 30.0 Å². The summed E-state index contributed by atoms with van der Waals surface area (Å²) in [6, 6.07) is 16.0. The van der Waals surface area contributed by atoms with Crippen LogP contribution in [0.2, 0.25) is 0 Å². The fourth-order valence-corrected chi connectivity index (χ4v) is 3.80. The summed E-state index contributed by atoms with van der Waals surface area (Å²) in [7, 11) is 0. The Labute approximate surface area is 186 Å². The van der Waals surface area contributed by atoms with Gasteiger partial charge in [-0.2, -0.15) is 10.2 Å². The van der Waals surface area contributed by atoms with Crippen molar-refractivity contribution in [2.24, 2.45) is 0 Å². The molecule has 0 saturated heterocycles. The van der Waals surface area contributed by atoms with Gasteiger partial charge in [-0.25, -0.2) is 4.39 Å². The van der Waals surface area contributed by atoms with Gasteiger partial charge in [0.15, 0.2) is 0 Å². The van der Waals surface area contributed by atoms with Crippen molar-refractivity contribution in [2.75, 3.05) is 5.32 Å². The average Bonchev–Trinajstić information content (AvgIpc) is 3.20. The van der Waals surface area contributed by atoms with Gasteiger partial charge in [-0.15, -0.1) is 0 Å². The topological polar surface area (TPSA) is 64.7 Å². The van der Waals surface area contributed by atoms with Gasteiger partial charge in [0.25, 0.3) is 5.91 Å². The third-order valence-corrected chi connectivity index (χ3v) is 5.49. The molecule has 2 aromatic heterocycles. The molecule has 164 valence electrons. The summed E-state index contributed by atoms with van der Waals surface area (Å²) in [6.07, 6.45) is 0. The van der Waals surface area contributed by atoms with Crippen LogP contribution < -0.4 is 5.32 Å². The largest absolute Gasteiger partial charge is 0.319 e. The van der Waals surface area contributed by atoms with Crippen LogP contribution in [0.25, 0.3) is 0 Å². The molecule has 4 rings (SSSR count). The van der Waals surface area contributed by atoms with Crippen molar-refractivity contribution in [3.63, 3.8) is 0 Å². The Hall–Kier alpha value is -3.74. The van der Waals surface area contributed by atoms with E-state index in [1.54, 1.807) is 10.7 Å². The summed E-state index contributed by atoms with van der Waals surface area (Å²) in [5.74, 6) is -0.474. The van der Waals surface area contributed by atoms with Gasteiger partial charge in [0, 0.05) is 11.3 Å². The molecule has 0 unspecified atom stereocenters. The smallest absolute Gasteiger partial charge is 0.255 e. The van der Waals surface area contributed by atoms with Crippen LogP contribution in [0.3, 0.4) is 0 Å². The van der Waals surface area contributed by atoms with Crippen molar-refractivity contribution in [1.82, 2.24) is 19.6 Å². The minimum absolute atomic E-state index is 0.195. The lowest BCUT2D eigenvalue weighted by atomic mass is 10.1. The molecule has 32 heavy (non-hydrogen) atoms. The lowest BCUT2D eigenvalue weighted by molar-refractivity contribution is 0.102. The minimum atomic E-state index is -0.279. The summed E-state index contributed by atoms with van der Waals surface area (Å²) < 4.78 is 17.2. The molecule has 0 fully saturated rings. The van der Waals surface area contributed by atoms with Crippen LogP contribution in [0.4, 0.5) is 10.1 Å². The summed E-state index contributed by atoms with van der Waals surface area (Å²) in [6.45, 7) is 8.84. The second-order valence-electron chi connectivity index (χ2n) is 8.07. The van der Waals surface area contributed by atoms with Crippen molar-refractivity contribution in [3.05, 3.63) is 99.9 Å². The van der Waals surface area contributed by atoms with Gasteiger partial charge in [0.05, 0.1) is 35.9 Å². The molecule has 2 heterocycles.